The Hall–Kier alpha value is -0.780. The van der Waals surface area contributed by atoms with Crippen molar-refractivity contribution < 1.29 is 0 Å². The molecule has 2 aliphatic rings. The van der Waals surface area contributed by atoms with Crippen LogP contribution in [0.5, 0.6) is 0 Å². The van der Waals surface area contributed by atoms with Crippen LogP contribution in [0.1, 0.15) is 33.1 Å². The Morgan fingerprint density at radius 3 is 2.85 bits per heavy atom. The highest BCUT2D eigenvalue weighted by Gasteiger charge is 2.20. The van der Waals surface area contributed by atoms with Crippen molar-refractivity contribution in [3.05, 3.63) is 35.5 Å². The van der Waals surface area contributed by atoms with Crippen molar-refractivity contribution in [2.45, 2.75) is 33.1 Å². The largest absolute Gasteiger partial charge is 0.0876 e. The topological polar surface area (TPSA) is 0 Å². The van der Waals surface area contributed by atoms with E-state index in [1.165, 1.54) is 19.3 Å². The first-order chi connectivity index (χ1) is 6.27. The average molecular weight is 174 g/mol. The molecule has 0 heteroatoms. The molecule has 0 fully saturated rings. The Kier molecular flexibility index (Phi) is 2.39. The molecule has 0 aromatic heterocycles. The van der Waals surface area contributed by atoms with E-state index in [0.717, 1.165) is 11.8 Å². The summed E-state index contributed by atoms with van der Waals surface area (Å²) in [7, 11) is 0. The van der Waals surface area contributed by atoms with E-state index < -0.39 is 0 Å². The van der Waals surface area contributed by atoms with E-state index in [-0.39, 0.29) is 0 Å². The maximum absolute atomic E-state index is 2.35. The summed E-state index contributed by atoms with van der Waals surface area (Å²) in [6.07, 6.45) is 13.1. The molecule has 0 heterocycles. The molecule has 1 atom stereocenters. The van der Waals surface area contributed by atoms with Crippen molar-refractivity contribution in [2.24, 2.45) is 11.8 Å². The summed E-state index contributed by atoms with van der Waals surface area (Å²) in [6, 6.07) is 0. The van der Waals surface area contributed by atoms with Gasteiger partial charge < -0.3 is 0 Å². The lowest BCUT2D eigenvalue weighted by Crippen LogP contribution is -2.13. The zero-order valence-corrected chi connectivity index (χ0v) is 8.59. The molecule has 0 radical (unpaired) electrons. The van der Waals surface area contributed by atoms with Gasteiger partial charge in [0.2, 0.25) is 0 Å². The van der Waals surface area contributed by atoms with E-state index in [9.17, 15) is 0 Å². The van der Waals surface area contributed by atoms with Gasteiger partial charge >= 0.3 is 0 Å². The van der Waals surface area contributed by atoms with Gasteiger partial charge in [-0.2, -0.15) is 0 Å². The molecule has 0 amide bonds. The molecule has 0 bridgehead atoms. The van der Waals surface area contributed by atoms with Gasteiger partial charge in [0.15, 0.2) is 0 Å². The molecule has 2 rings (SSSR count). The predicted octanol–water partition coefficient (Wildman–Crippen LogP) is 3.87. The average Bonchev–Trinajstić information content (AvgIpc) is 2.17. The van der Waals surface area contributed by atoms with Gasteiger partial charge in [0.05, 0.1) is 0 Å². The standard InChI is InChI=1S/C13H18/c1-10(2)12-8-7-11-5-3-4-6-13(11)9-12/h3-4,7-8,10,13H,5-6,9H2,1-2H3. The van der Waals surface area contributed by atoms with Crippen LogP contribution in [0.3, 0.4) is 0 Å². The first-order valence-electron chi connectivity index (χ1n) is 5.32. The van der Waals surface area contributed by atoms with Gasteiger partial charge in [-0.25, -0.2) is 0 Å². The third-order valence-corrected chi connectivity index (χ3v) is 3.20. The van der Waals surface area contributed by atoms with Gasteiger partial charge in [0.1, 0.15) is 0 Å². The van der Waals surface area contributed by atoms with Crippen molar-refractivity contribution in [1.82, 2.24) is 0 Å². The highest BCUT2D eigenvalue weighted by atomic mass is 14.3. The minimum absolute atomic E-state index is 0.726. The number of hydrogen-bond acceptors (Lipinski definition) is 0. The first-order valence-corrected chi connectivity index (χ1v) is 5.32. The van der Waals surface area contributed by atoms with Gasteiger partial charge in [0.25, 0.3) is 0 Å². The van der Waals surface area contributed by atoms with Crippen molar-refractivity contribution in [3.63, 3.8) is 0 Å². The zero-order valence-electron chi connectivity index (χ0n) is 8.59. The molecule has 0 aliphatic heterocycles. The van der Waals surface area contributed by atoms with Crippen LogP contribution in [-0.4, -0.2) is 0 Å². The van der Waals surface area contributed by atoms with Crippen LogP contribution in [0.15, 0.2) is 35.5 Å². The minimum atomic E-state index is 0.726. The molecule has 0 spiro atoms. The molecular formula is C13H18. The second-order valence-electron chi connectivity index (χ2n) is 4.45. The van der Waals surface area contributed by atoms with Gasteiger partial charge in [-0.05, 0) is 31.1 Å². The molecule has 0 N–H and O–H groups in total. The van der Waals surface area contributed by atoms with Gasteiger partial charge in [-0.15, -0.1) is 0 Å². The van der Waals surface area contributed by atoms with Crippen molar-refractivity contribution in [2.75, 3.05) is 0 Å². The number of hydrogen-bond donors (Lipinski definition) is 0. The Balaban J connectivity index is 2.17. The maximum Gasteiger partial charge on any atom is -0.0125 e. The molecule has 0 saturated heterocycles. The maximum atomic E-state index is 2.35. The van der Waals surface area contributed by atoms with E-state index in [4.69, 9.17) is 0 Å². The van der Waals surface area contributed by atoms with Crippen molar-refractivity contribution in [3.8, 4) is 0 Å². The summed E-state index contributed by atoms with van der Waals surface area (Å²) >= 11 is 0. The Labute approximate surface area is 81.0 Å². The van der Waals surface area contributed by atoms with Crippen LogP contribution in [-0.2, 0) is 0 Å². The predicted molar refractivity (Wildman–Crippen MR) is 57.5 cm³/mol. The number of allylic oxidation sites excluding steroid dienone is 6. The Morgan fingerprint density at radius 1 is 1.23 bits per heavy atom. The summed E-state index contributed by atoms with van der Waals surface area (Å²) in [6.45, 7) is 4.59. The molecular weight excluding hydrogens is 156 g/mol. The molecule has 0 nitrogen and oxygen atoms in total. The summed E-state index contributed by atoms with van der Waals surface area (Å²) in [5.41, 5.74) is 3.27. The fourth-order valence-corrected chi connectivity index (χ4v) is 2.21. The van der Waals surface area contributed by atoms with Gasteiger partial charge in [0, 0.05) is 0 Å². The van der Waals surface area contributed by atoms with E-state index in [1.807, 2.05) is 0 Å². The first kappa shape index (κ1) is 8.80. The van der Waals surface area contributed by atoms with Crippen LogP contribution >= 0.6 is 0 Å². The molecule has 13 heavy (non-hydrogen) atoms. The Morgan fingerprint density at radius 2 is 2.08 bits per heavy atom. The lowest BCUT2D eigenvalue weighted by molar-refractivity contribution is 0.543. The van der Waals surface area contributed by atoms with Crippen molar-refractivity contribution in [1.29, 1.82) is 0 Å². The quantitative estimate of drug-likeness (QED) is 0.529. The van der Waals surface area contributed by atoms with E-state index in [1.54, 1.807) is 11.1 Å². The van der Waals surface area contributed by atoms with Crippen LogP contribution in [0, 0.1) is 11.8 Å². The monoisotopic (exact) mass is 174 g/mol. The van der Waals surface area contributed by atoms with Crippen LogP contribution < -0.4 is 0 Å². The van der Waals surface area contributed by atoms with E-state index in [0.29, 0.717) is 0 Å². The van der Waals surface area contributed by atoms with Crippen LogP contribution in [0.2, 0.25) is 0 Å². The Bertz CT molecular complexity index is 276. The summed E-state index contributed by atoms with van der Waals surface area (Å²) in [4.78, 5) is 0. The van der Waals surface area contributed by atoms with Crippen molar-refractivity contribution >= 4 is 0 Å². The number of rotatable bonds is 1. The molecule has 1 unspecified atom stereocenters. The third kappa shape index (κ3) is 1.77. The smallest absolute Gasteiger partial charge is 0.0125 e. The molecule has 70 valence electrons. The number of fused-ring (bicyclic) bond motifs is 1. The normalized spacial score (nSPS) is 26.8. The molecule has 0 aromatic carbocycles. The van der Waals surface area contributed by atoms with Gasteiger partial charge in [-0.1, -0.05) is 49.3 Å². The minimum Gasteiger partial charge on any atom is -0.0876 e. The highest BCUT2D eigenvalue weighted by Crippen LogP contribution is 2.35. The molecule has 2 aliphatic carbocycles. The van der Waals surface area contributed by atoms with Crippen LogP contribution in [0.4, 0.5) is 0 Å². The fourth-order valence-electron chi connectivity index (χ4n) is 2.21. The highest BCUT2D eigenvalue weighted by molar-refractivity contribution is 5.31. The third-order valence-electron chi connectivity index (χ3n) is 3.20. The SMILES string of the molecule is CC(C)C1=CC=C2CC=CCC2C1. The fraction of sp³-hybridized carbons (Fsp3) is 0.538. The molecule has 0 saturated carbocycles. The summed E-state index contributed by atoms with van der Waals surface area (Å²) in [5.74, 6) is 1.55. The lowest BCUT2D eigenvalue weighted by Gasteiger charge is -2.27. The second-order valence-corrected chi connectivity index (χ2v) is 4.45. The van der Waals surface area contributed by atoms with Gasteiger partial charge in [-0.3, -0.25) is 0 Å². The zero-order chi connectivity index (χ0) is 9.26. The van der Waals surface area contributed by atoms with Crippen LogP contribution in [0.25, 0.3) is 0 Å². The molecule has 0 aromatic rings. The summed E-state index contributed by atoms with van der Waals surface area (Å²) < 4.78 is 0. The van der Waals surface area contributed by atoms with E-state index in [2.05, 4.69) is 38.2 Å². The second kappa shape index (κ2) is 3.53. The van der Waals surface area contributed by atoms with E-state index >= 15 is 0 Å². The lowest BCUT2D eigenvalue weighted by atomic mass is 9.78. The summed E-state index contributed by atoms with van der Waals surface area (Å²) in [5, 5.41) is 0.